The van der Waals surface area contributed by atoms with E-state index in [1.54, 1.807) is 7.11 Å². The quantitative estimate of drug-likeness (QED) is 0.722. The number of likely N-dealkylation sites (N-methyl/N-ethyl adjacent to an activating group) is 1. The average molecular weight is 236 g/mol. The third-order valence-electron chi connectivity index (χ3n) is 2.74. The molecule has 0 aliphatic rings. The Morgan fingerprint density at radius 1 is 1.35 bits per heavy atom. The van der Waals surface area contributed by atoms with Crippen LogP contribution >= 0.6 is 0 Å². The highest BCUT2D eigenvalue weighted by atomic mass is 16.5. The summed E-state index contributed by atoms with van der Waals surface area (Å²) in [5, 5.41) is 6.83. The summed E-state index contributed by atoms with van der Waals surface area (Å²) in [4.78, 5) is 0. The number of nitrogens with one attached hydrogen (secondary N) is 2. The van der Waals surface area contributed by atoms with Gasteiger partial charge in [-0.05, 0) is 44.1 Å². The van der Waals surface area contributed by atoms with Crippen LogP contribution < -0.4 is 15.4 Å². The van der Waals surface area contributed by atoms with E-state index in [4.69, 9.17) is 4.74 Å². The van der Waals surface area contributed by atoms with E-state index in [2.05, 4.69) is 36.6 Å². The molecule has 1 aromatic carbocycles. The number of benzene rings is 1. The van der Waals surface area contributed by atoms with E-state index >= 15 is 0 Å². The lowest BCUT2D eigenvalue weighted by Crippen LogP contribution is -2.37. The summed E-state index contributed by atoms with van der Waals surface area (Å²) in [6.07, 6.45) is 1.04. The molecule has 0 fully saturated rings. The molecule has 3 heteroatoms. The van der Waals surface area contributed by atoms with Crippen molar-refractivity contribution in [3.05, 3.63) is 29.8 Å². The molecule has 3 nitrogen and oxygen atoms in total. The number of hydrogen-bond acceptors (Lipinski definition) is 3. The molecule has 0 saturated carbocycles. The van der Waals surface area contributed by atoms with Crippen LogP contribution in [0.3, 0.4) is 0 Å². The molecule has 0 heterocycles. The Labute approximate surface area is 105 Å². The first-order chi connectivity index (χ1) is 8.26. The Morgan fingerprint density at radius 2 is 2.18 bits per heavy atom. The molecular formula is C14H24N2O. The van der Waals surface area contributed by atoms with Gasteiger partial charge in [-0.25, -0.2) is 0 Å². The van der Waals surface area contributed by atoms with E-state index in [0.717, 1.165) is 31.8 Å². The van der Waals surface area contributed by atoms with Gasteiger partial charge in [0.05, 0.1) is 7.11 Å². The lowest BCUT2D eigenvalue weighted by atomic mass is 10.1. The summed E-state index contributed by atoms with van der Waals surface area (Å²) in [6.45, 7) is 7.38. The lowest BCUT2D eigenvalue weighted by molar-refractivity contribution is 0.414. The number of hydrogen-bond donors (Lipinski definition) is 2. The van der Waals surface area contributed by atoms with Crippen molar-refractivity contribution in [2.45, 2.75) is 26.3 Å². The maximum atomic E-state index is 5.20. The van der Waals surface area contributed by atoms with Crippen LogP contribution in [0.25, 0.3) is 0 Å². The minimum atomic E-state index is 0.514. The largest absolute Gasteiger partial charge is 0.497 e. The van der Waals surface area contributed by atoms with Gasteiger partial charge in [0, 0.05) is 12.6 Å². The summed E-state index contributed by atoms with van der Waals surface area (Å²) in [5.74, 6) is 0.934. The SMILES string of the molecule is CCNCC(C)NCCc1cccc(OC)c1. The summed E-state index contributed by atoms with van der Waals surface area (Å²) in [6, 6.07) is 8.76. The third-order valence-corrected chi connectivity index (χ3v) is 2.74. The van der Waals surface area contributed by atoms with Gasteiger partial charge >= 0.3 is 0 Å². The molecule has 0 spiro atoms. The molecule has 96 valence electrons. The van der Waals surface area contributed by atoms with Crippen molar-refractivity contribution in [1.29, 1.82) is 0 Å². The predicted octanol–water partition coefficient (Wildman–Crippen LogP) is 1.83. The number of rotatable bonds is 8. The highest BCUT2D eigenvalue weighted by molar-refractivity contribution is 5.28. The van der Waals surface area contributed by atoms with E-state index in [0.29, 0.717) is 6.04 Å². The topological polar surface area (TPSA) is 33.3 Å². The van der Waals surface area contributed by atoms with Gasteiger partial charge in [-0.1, -0.05) is 19.1 Å². The lowest BCUT2D eigenvalue weighted by Gasteiger charge is -2.14. The standard InChI is InChI=1S/C14H24N2O/c1-4-15-11-12(2)16-9-8-13-6-5-7-14(10-13)17-3/h5-7,10,12,15-16H,4,8-9,11H2,1-3H3. The van der Waals surface area contributed by atoms with E-state index in [-0.39, 0.29) is 0 Å². The van der Waals surface area contributed by atoms with Crippen molar-refractivity contribution in [1.82, 2.24) is 10.6 Å². The van der Waals surface area contributed by atoms with Crippen LogP contribution in [0.2, 0.25) is 0 Å². The predicted molar refractivity (Wildman–Crippen MR) is 72.7 cm³/mol. The van der Waals surface area contributed by atoms with E-state index in [9.17, 15) is 0 Å². The third kappa shape index (κ3) is 5.71. The molecule has 0 radical (unpaired) electrons. The fourth-order valence-electron chi connectivity index (χ4n) is 1.72. The maximum absolute atomic E-state index is 5.20. The highest BCUT2D eigenvalue weighted by Crippen LogP contribution is 2.12. The van der Waals surface area contributed by atoms with Gasteiger partial charge in [-0.15, -0.1) is 0 Å². The molecule has 1 rings (SSSR count). The molecule has 17 heavy (non-hydrogen) atoms. The second kappa shape index (κ2) is 8.09. The van der Waals surface area contributed by atoms with Gasteiger partial charge in [0.25, 0.3) is 0 Å². The Hall–Kier alpha value is -1.06. The van der Waals surface area contributed by atoms with Crippen molar-refractivity contribution in [3.8, 4) is 5.75 Å². The summed E-state index contributed by atoms with van der Waals surface area (Å²) in [5.41, 5.74) is 1.31. The van der Waals surface area contributed by atoms with E-state index in [1.165, 1.54) is 5.56 Å². The Morgan fingerprint density at radius 3 is 2.88 bits per heavy atom. The first-order valence-corrected chi connectivity index (χ1v) is 6.33. The van der Waals surface area contributed by atoms with Crippen molar-refractivity contribution < 1.29 is 4.74 Å². The van der Waals surface area contributed by atoms with Crippen LogP contribution in [0.15, 0.2) is 24.3 Å². The average Bonchev–Trinajstić information content (AvgIpc) is 2.36. The van der Waals surface area contributed by atoms with Crippen molar-refractivity contribution in [2.75, 3.05) is 26.7 Å². The Balaban J connectivity index is 2.25. The maximum Gasteiger partial charge on any atom is 0.119 e. The molecule has 0 amide bonds. The Bertz CT molecular complexity index is 315. The van der Waals surface area contributed by atoms with Crippen LogP contribution in [0.5, 0.6) is 5.75 Å². The van der Waals surface area contributed by atoms with Crippen molar-refractivity contribution in [2.24, 2.45) is 0 Å². The van der Waals surface area contributed by atoms with Gasteiger partial charge in [0.2, 0.25) is 0 Å². The smallest absolute Gasteiger partial charge is 0.119 e. The first-order valence-electron chi connectivity index (χ1n) is 6.33. The summed E-state index contributed by atoms with van der Waals surface area (Å²) in [7, 11) is 1.70. The second-order valence-electron chi connectivity index (χ2n) is 4.26. The molecule has 0 bridgehead atoms. The molecule has 1 aromatic rings. The van der Waals surface area contributed by atoms with Crippen LogP contribution in [0.1, 0.15) is 19.4 Å². The zero-order valence-corrected chi connectivity index (χ0v) is 11.1. The van der Waals surface area contributed by atoms with E-state index in [1.807, 2.05) is 12.1 Å². The van der Waals surface area contributed by atoms with Crippen LogP contribution in [0, 0.1) is 0 Å². The molecule has 1 atom stereocenters. The summed E-state index contributed by atoms with van der Waals surface area (Å²) < 4.78 is 5.20. The van der Waals surface area contributed by atoms with Gasteiger partial charge in [-0.3, -0.25) is 0 Å². The van der Waals surface area contributed by atoms with Gasteiger partial charge < -0.3 is 15.4 Å². The van der Waals surface area contributed by atoms with Crippen molar-refractivity contribution >= 4 is 0 Å². The molecule has 2 N–H and O–H groups in total. The van der Waals surface area contributed by atoms with Crippen LogP contribution in [0.4, 0.5) is 0 Å². The highest BCUT2D eigenvalue weighted by Gasteiger charge is 2.00. The molecule has 0 aliphatic heterocycles. The van der Waals surface area contributed by atoms with Gasteiger partial charge in [-0.2, -0.15) is 0 Å². The van der Waals surface area contributed by atoms with Crippen LogP contribution in [-0.2, 0) is 6.42 Å². The Kier molecular flexibility index (Phi) is 6.67. The number of ether oxygens (including phenoxy) is 1. The molecule has 1 unspecified atom stereocenters. The number of methoxy groups -OCH3 is 1. The van der Waals surface area contributed by atoms with Gasteiger partial charge in [0.1, 0.15) is 5.75 Å². The minimum Gasteiger partial charge on any atom is -0.497 e. The summed E-state index contributed by atoms with van der Waals surface area (Å²) >= 11 is 0. The second-order valence-corrected chi connectivity index (χ2v) is 4.26. The molecule has 0 saturated heterocycles. The normalized spacial score (nSPS) is 12.4. The first kappa shape index (κ1) is 14.0. The molecular weight excluding hydrogens is 212 g/mol. The fourth-order valence-corrected chi connectivity index (χ4v) is 1.72. The van der Waals surface area contributed by atoms with Gasteiger partial charge in [0.15, 0.2) is 0 Å². The fraction of sp³-hybridized carbons (Fsp3) is 0.571. The van der Waals surface area contributed by atoms with Crippen molar-refractivity contribution in [3.63, 3.8) is 0 Å². The van der Waals surface area contributed by atoms with Crippen LogP contribution in [-0.4, -0.2) is 32.8 Å². The molecule has 0 aliphatic carbocycles. The minimum absolute atomic E-state index is 0.514. The van der Waals surface area contributed by atoms with E-state index < -0.39 is 0 Å². The zero-order chi connectivity index (χ0) is 12.5. The zero-order valence-electron chi connectivity index (χ0n) is 11.1. The monoisotopic (exact) mass is 236 g/mol. The molecule has 0 aromatic heterocycles.